The van der Waals surface area contributed by atoms with Gasteiger partial charge in [0.2, 0.25) is 6.79 Å². The number of rotatable bonds is 4. The average molecular weight is 258 g/mol. The molecule has 2 N–H and O–H groups in total. The van der Waals surface area contributed by atoms with Crippen LogP contribution in [-0.4, -0.2) is 24.0 Å². The molecule has 4 nitrogen and oxygen atoms in total. The summed E-state index contributed by atoms with van der Waals surface area (Å²) in [6, 6.07) is 3.74. The van der Waals surface area contributed by atoms with Crippen LogP contribution in [0.3, 0.4) is 0 Å². The molecule has 5 heteroatoms. The van der Waals surface area contributed by atoms with E-state index >= 15 is 0 Å². The van der Waals surface area contributed by atoms with Crippen LogP contribution < -0.4 is 14.8 Å². The minimum Gasteiger partial charge on any atom is -0.454 e. The Balaban J connectivity index is 2.10. The zero-order valence-electron chi connectivity index (χ0n) is 9.92. The van der Waals surface area contributed by atoms with Gasteiger partial charge in [-0.05, 0) is 31.5 Å². The molecule has 1 heterocycles. The molecule has 0 spiro atoms. The van der Waals surface area contributed by atoms with E-state index in [0.717, 1.165) is 5.56 Å². The van der Waals surface area contributed by atoms with Crippen LogP contribution >= 0.6 is 11.6 Å². The maximum atomic E-state index is 9.15. The van der Waals surface area contributed by atoms with Gasteiger partial charge in [-0.1, -0.05) is 11.6 Å². The summed E-state index contributed by atoms with van der Waals surface area (Å²) in [5.41, 5.74) is 0.684. The fourth-order valence-electron chi connectivity index (χ4n) is 1.52. The predicted octanol–water partition coefficient (Wildman–Crippen LogP) is 1.93. The molecule has 1 aliphatic rings. The summed E-state index contributed by atoms with van der Waals surface area (Å²) in [5.74, 6) is 1.29. The monoisotopic (exact) mass is 257 g/mol. The molecule has 1 aromatic carbocycles. The quantitative estimate of drug-likeness (QED) is 0.866. The van der Waals surface area contributed by atoms with Crippen molar-refractivity contribution in [3.8, 4) is 11.5 Å². The van der Waals surface area contributed by atoms with Crippen molar-refractivity contribution in [2.45, 2.75) is 25.9 Å². The number of aliphatic hydroxyl groups excluding tert-OH is 1. The van der Waals surface area contributed by atoms with E-state index in [1.54, 1.807) is 0 Å². The van der Waals surface area contributed by atoms with E-state index < -0.39 is 0 Å². The minimum absolute atomic E-state index is 0.0747. The first kappa shape index (κ1) is 12.5. The van der Waals surface area contributed by atoms with Crippen LogP contribution in [0.15, 0.2) is 12.1 Å². The van der Waals surface area contributed by atoms with Gasteiger partial charge in [-0.15, -0.1) is 0 Å². The van der Waals surface area contributed by atoms with Crippen molar-refractivity contribution in [2.75, 3.05) is 13.4 Å². The number of fused-ring (bicyclic) bond motifs is 1. The molecular weight excluding hydrogens is 242 g/mol. The maximum absolute atomic E-state index is 9.15. The molecule has 0 atom stereocenters. The normalized spacial score (nSPS) is 14.1. The lowest BCUT2D eigenvalue weighted by Gasteiger charge is -2.23. The van der Waals surface area contributed by atoms with E-state index in [1.807, 2.05) is 26.0 Å². The standard InChI is InChI=1S/C12H16ClNO3/c1-12(2,6-15)14-5-8-3-9(13)11-10(4-8)16-7-17-11/h3-4,14-15H,5-7H2,1-2H3. The van der Waals surface area contributed by atoms with Crippen molar-refractivity contribution in [3.63, 3.8) is 0 Å². The van der Waals surface area contributed by atoms with E-state index in [9.17, 15) is 0 Å². The molecule has 0 aliphatic carbocycles. The molecule has 1 aromatic rings. The lowest BCUT2D eigenvalue weighted by molar-refractivity contribution is 0.174. The first-order valence-electron chi connectivity index (χ1n) is 5.46. The Kier molecular flexibility index (Phi) is 3.47. The molecule has 0 amide bonds. The van der Waals surface area contributed by atoms with Gasteiger partial charge in [-0.25, -0.2) is 0 Å². The summed E-state index contributed by atoms with van der Waals surface area (Å²) < 4.78 is 10.5. The third kappa shape index (κ3) is 2.83. The van der Waals surface area contributed by atoms with Gasteiger partial charge in [0.1, 0.15) is 0 Å². The van der Waals surface area contributed by atoms with Crippen LogP contribution in [0, 0.1) is 0 Å². The van der Waals surface area contributed by atoms with Crippen LogP contribution in [0.1, 0.15) is 19.4 Å². The highest BCUT2D eigenvalue weighted by molar-refractivity contribution is 6.32. The molecule has 0 fully saturated rings. The zero-order valence-corrected chi connectivity index (χ0v) is 10.7. The van der Waals surface area contributed by atoms with Gasteiger partial charge < -0.3 is 19.9 Å². The highest BCUT2D eigenvalue weighted by atomic mass is 35.5. The van der Waals surface area contributed by atoms with Crippen LogP contribution in [0.4, 0.5) is 0 Å². The largest absolute Gasteiger partial charge is 0.454 e. The molecule has 2 rings (SSSR count). The van der Waals surface area contributed by atoms with Gasteiger partial charge in [0.25, 0.3) is 0 Å². The van der Waals surface area contributed by atoms with Gasteiger partial charge >= 0.3 is 0 Å². The average Bonchev–Trinajstić information content (AvgIpc) is 2.75. The third-order valence-electron chi connectivity index (χ3n) is 2.65. The number of halogens is 1. The fourth-order valence-corrected chi connectivity index (χ4v) is 1.81. The molecule has 1 aliphatic heterocycles. The molecule has 94 valence electrons. The topological polar surface area (TPSA) is 50.7 Å². The van der Waals surface area contributed by atoms with Crippen molar-refractivity contribution < 1.29 is 14.6 Å². The maximum Gasteiger partial charge on any atom is 0.231 e. The second kappa shape index (κ2) is 4.72. The van der Waals surface area contributed by atoms with E-state index in [1.165, 1.54) is 0 Å². The van der Waals surface area contributed by atoms with Crippen LogP contribution in [0.5, 0.6) is 11.5 Å². The number of nitrogens with one attached hydrogen (secondary N) is 1. The molecule has 17 heavy (non-hydrogen) atoms. The predicted molar refractivity (Wildman–Crippen MR) is 65.6 cm³/mol. The molecule has 0 radical (unpaired) electrons. The molecule has 0 saturated heterocycles. The Morgan fingerprint density at radius 1 is 1.41 bits per heavy atom. The van der Waals surface area contributed by atoms with Gasteiger partial charge in [0.15, 0.2) is 11.5 Å². The summed E-state index contributed by atoms with van der Waals surface area (Å²) in [6.07, 6.45) is 0. The van der Waals surface area contributed by atoms with E-state index in [2.05, 4.69) is 5.32 Å². The third-order valence-corrected chi connectivity index (χ3v) is 2.93. The second-order valence-corrected chi connectivity index (χ2v) is 5.11. The SMILES string of the molecule is CC(C)(CO)NCc1cc(Cl)c2c(c1)OCO2. The Morgan fingerprint density at radius 3 is 2.88 bits per heavy atom. The highest BCUT2D eigenvalue weighted by Crippen LogP contribution is 2.39. The van der Waals surface area contributed by atoms with Crippen molar-refractivity contribution in [1.29, 1.82) is 0 Å². The number of hydrogen-bond acceptors (Lipinski definition) is 4. The lowest BCUT2D eigenvalue weighted by Crippen LogP contribution is -2.42. The summed E-state index contributed by atoms with van der Waals surface area (Å²) in [7, 11) is 0. The van der Waals surface area contributed by atoms with E-state index in [-0.39, 0.29) is 18.9 Å². The van der Waals surface area contributed by atoms with Crippen LogP contribution in [0.25, 0.3) is 0 Å². The van der Waals surface area contributed by atoms with Crippen molar-refractivity contribution in [3.05, 3.63) is 22.7 Å². The highest BCUT2D eigenvalue weighted by Gasteiger charge is 2.20. The number of benzene rings is 1. The van der Waals surface area contributed by atoms with E-state index in [0.29, 0.717) is 23.1 Å². The van der Waals surface area contributed by atoms with Crippen molar-refractivity contribution in [1.82, 2.24) is 5.32 Å². The lowest BCUT2D eigenvalue weighted by atomic mass is 10.1. The Labute approximate surface area is 105 Å². The second-order valence-electron chi connectivity index (χ2n) is 4.71. The summed E-state index contributed by atoms with van der Waals surface area (Å²) in [4.78, 5) is 0. The summed E-state index contributed by atoms with van der Waals surface area (Å²) in [6.45, 7) is 4.77. The molecule has 0 bridgehead atoms. The first-order valence-corrected chi connectivity index (χ1v) is 5.83. The number of ether oxygens (including phenoxy) is 2. The van der Waals surface area contributed by atoms with Crippen LogP contribution in [-0.2, 0) is 6.54 Å². The smallest absolute Gasteiger partial charge is 0.231 e. The number of aliphatic hydroxyl groups is 1. The molecular formula is C12H16ClNO3. The van der Waals surface area contributed by atoms with Gasteiger partial charge in [0.05, 0.1) is 11.6 Å². The fraction of sp³-hybridized carbons (Fsp3) is 0.500. The summed E-state index contributed by atoms with van der Waals surface area (Å²) >= 11 is 6.08. The van der Waals surface area contributed by atoms with E-state index in [4.69, 9.17) is 26.2 Å². The minimum atomic E-state index is -0.317. The molecule has 0 aromatic heterocycles. The molecule has 0 unspecified atom stereocenters. The summed E-state index contributed by atoms with van der Waals surface area (Å²) in [5, 5.41) is 12.9. The molecule has 0 saturated carbocycles. The Morgan fingerprint density at radius 2 is 2.18 bits per heavy atom. The number of hydrogen-bond donors (Lipinski definition) is 2. The van der Waals surface area contributed by atoms with Gasteiger partial charge in [-0.2, -0.15) is 0 Å². The zero-order chi connectivity index (χ0) is 12.5. The van der Waals surface area contributed by atoms with Gasteiger partial charge in [0, 0.05) is 12.1 Å². The van der Waals surface area contributed by atoms with Crippen molar-refractivity contribution >= 4 is 11.6 Å². The first-order chi connectivity index (χ1) is 8.02. The van der Waals surface area contributed by atoms with Crippen LogP contribution in [0.2, 0.25) is 5.02 Å². The Hall–Kier alpha value is -0.970. The van der Waals surface area contributed by atoms with Crippen molar-refractivity contribution in [2.24, 2.45) is 0 Å². The Bertz CT molecular complexity index is 420. The van der Waals surface area contributed by atoms with Gasteiger partial charge in [-0.3, -0.25) is 0 Å².